The highest BCUT2D eigenvalue weighted by Crippen LogP contribution is 2.08. The summed E-state index contributed by atoms with van der Waals surface area (Å²) in [6.45, 7) is 0.616. The highest BCUT2D eigenvalue weighted by molar-refractivity contribution is 7.09. The van der Waals surface area contributed by atoms with Crippen LogP contribution in [0.1, 0.15) is 27.2 Å². The first-order valence-electron chi connectivity index (χ1n) is 6.30. The lowest BCUT2D eigenvalue weighted by Gasteiger charge is -2.03. The maximum Gasteiger partial charge on any atom is 0.251 e. The third-order valence-corrected chi connectivity index (χ3v) is 3.50. The standard InChI is InChI=1S/C16H15NO2S/c18-10-2-1-4-13-6-8-14(9-7-13)16(19)17-12-15-5-3-11-20-15/h3,5-9,11,18H,2,10,12H2,(H,17,19). The predicted molar refractivity (Wildman–Crippen MR) is 80.5 cm³/mol. The molecule has 0 bridgehead atoms. The Hall–Kier alpha value is -2.09. The Morgan fingerprint density at radius 3 is 2.70 bits per heavy atom. The van der Waals surface area contributed by atoms with E-state index in [2.05, 4.69) is 17.2 Å². The number of rotatable bonds is 4. The Morgan fingerprint density at radius 1 is 1.25 bits per heavy atom. The van der Waals surface area contributed by atoms with Gasteiger partial charge in [0.15, 0.2) is 0 Å². The Kier molecular flexibility index (Phi) is 5.36. The lowest BCUT2D eigenvalue weighted by Crippen LogP contribution is -2.22. The van der Waals surface area contributed by atoms with Gasteiger partial charge in [-0.1, -0.05) is 17.9 Å². The van der Waals surface area contributed by atoms with E-state index in [-0.39, 0.29) is 12.5 Å². The molecule has 2 rings (SSSR count). The van der Waals surface area contributed by atoms with E-state index in [1.807, 2.05) is 29.6 Å². The maximum absolute atomic E-state index is 11.9. The molecule has 0 atom stereocenters. The van der Waals surface area contributed by atoms with Crippen LogP contribution in [-0.4, -0.2) is 17.6 Å². The van der Waals surface area contributed by atoms with E-state index in [4.69, 9.17) is 5.11 Å². The number of thiophene rings is 1. The molecule has 0 saturated carbocycles. The van der Waals surface area contributed by atoms with E-state index in [9.17, 15) is 4.79 Å². The van der Waals surface area contributed by atoms with Crippen LogP contribution in [0, 0.1) is 11.8 Å². The zero-order valence-electron chi connectivity index (χ0n) is 10.9. The van der Waals surface area contributed by atoms with Crippen LogP contribution in [0.15, 0.2) is 41.8 Å². The molecule has 1 aromatic carbocycles. The van der Waals surface area contributed by atoms with E-state index in [0.29, 0.717) is 18.5 Å². The summed E-state index contributed by atoms with van der Waals surface area (Å²) in [4.78, 5) is 13.1. The summed E-state index contributed by atoms with van der Waals surface area (Å²) in [6, 6.07) is 11.1. The smallest absolute Gasteiger partial charge is 0.251 e. The lowest BCUT2D eigenvalue weighted by molar-refractivity contribution is 0.0951. The maximum atomic E-state index is 11.9. The average molecular weight is 285 g/mol. The monoisotopic (exact) mass is 285 g/mol. The second kappa shape index (κ2) is 7.49. The van der Waals surface area contributed by atoms with Crippen LogP contribution in [0.2, 0.25) is 0 Å². The SMILES string of the molecule is O=C(NCc1cccs1)c1ccc(C#CCCO)cc1. The van der Waals surface area contributed by atoms with Crippen molar-refractivity contribution in [3.8, 4) is 11.8 Å². The number of amides is 1. The van der Waals surface area contributed by atoms with Crippen LogP contribution in [0.5, 0.6) is 0 Å². The van der Waals surface area contributed by atoms with Crippen molar-refractivity contribution >= 4 is 17.2 Å². The van der Waals surface area contributed by atoms with E-state index >= 15 is 0 Å². The molecule has 0 radical (unpaired) electrons. The number of hydrogen-bond donors (Lipinski definition) is 2. The predicted octanol–water partition coefficient (Wildman–Crippen LogP) is 2.41. The minimum Gasteiger partial charge on any atom is -0.395 e. The fourth-order valence-electron chi connectivity index (χ4n) is 1.61. The lowest BCUT2D eigenvalue weighted by atomic mass is 10.1. The van der Waals surface area contributed by atoms with Gasteiger partial charge in [-0.2, -0.15) is 0 Å². The van der Waals surface area contributed by atoms with Crippen LogP contribution < -0.4 is 5.32 Å². The van der Waals surface area contributed by atoms with Gasteiger partial charge in [-0.15, -0.1) is 11.3 Å². The molecule has 1 amide bonds. The van der Waals surface area contributed by atoms with E-state index in [1.165, 1.54) is 0 Å². The zero-order valence-corrected chi connectivity index (χ0v) is 11.7. The normalized spacial score (nSPS) is 9.65. The topological polar surface area (TPSA) is 49.3 Å². The number of nitrogens with one attached hydrogen (secondary N) is 1. The summed E-state index contributed by atoms with van der Waals surface area (Å²) in [7, 11) is 0. The van der Waals surface area contributed by atoms with Crippen molar-refractivity contribution in [1.82, 2.24) is 5.32 Å². The Morgan fingerprint density at radius 2 is 2.05 bits per heavy atom. The molecular weight excluding hydrogens is 270 g/mol. The summed E-state index contributed by atoms with van der Waals surface area (Å²) in [5.74, 6) is 5.68. The van der Waals surface area contributed by atoms with Crippen molar-refractivity contribution in [2.45, 2.75) is 13.0 Å². The van der Waals surface area contributed by atoms with Crippen molar-refractivity contribution in [2.24, 2.45) is 0 Å². The molecule has 0 spiro atoms. The number of aliphatic hydroxyl groups is 1. The molecule has 0 saturated heterocycles. The second-order valence-corrected chi connectivity index (χ2v) is 5.15. The Bertz CT molecular complexity index is 606. The molecule has 1 heterocycles. The number of carbonyl (C=O) groups excluding carboxylic acids is 1. The van der Waals surface area contributed by atoms with E-state index < -0.39 is 0 Å². The Labute approximate surface area is 122 Å². The van der Waals surface area contributed by atoms with Crippen LogP contribution in [0.25, 0.3) is 0 Å². The summed E-state index contributed by atoms with van der Waals surface area (Å²) in [6.07, 6.45) is 0.461. The van der Waals surface area contributed by atoms with Crippen LogP contribution in [0.3, 0.4) is 0 Å². The van der Waals surface area contributed by atoms with Crippen LogP contribution >= 0.6 is 11.3 Å². The fourth-order valence-corrected chi connectivity index (χ4v) is 2.25. The summed E-state index contributed by atoms with van der Waals surface area (Å²) >= 11 is 1.62. The molecule has 2 aromatic rings. The minimum atomic E-state index is -0.0896. The van der Waals surface area contributed by atoms with Crippen molar-refractivity contribution in [3.05, 3.63) is 57.8 Å². The van der Waals surface area contributed by atoms with Gasteiger partial charge in [0, 0.05) is 22.4 Å². The van der Waals surface area contributed by atoms with E-state index in [1.54, 1.807) is 23.5 Å². The first-order chi connectivity index (χ1) is 9.79. The molecule has 0 aliphatic carbocycles. The molecule has 1 aromatic heterocycles. The second-order valence-electron chi connectivity index (χ2n) is 4.11. The van der Waals surface area contributed by atoms with Crippen LogP contribution in [-0.2, 0) is 6.54 Å². The molecule has 4 heteroatoms. The molecule has 0 aliphatic rings. The molecule has 20 heavy (non-hydrogen) atoms. The average Bonchev–Trinajstić information content (AvgIpc) is 2.99. The largest absolute Gasteiger partial charge is 0.395 e. The van der Waals surface area contributed by atoms with Gasteiger partial charge in [-0.05, 0) is 35.7 Å². The summed E-state index contributed by atoms with van der Waals surface area (Å²) in [5, 5.41) is 13.5. The molecule has 0 unspecified atom stereocenters. The van der Waals surface area contributed by atoms with Gasteiger partial charge in [0.05, 0.1) is 13.2 Å². The highest BCUT2D eigenvalue weighted by atomic mass is 32.1. The molecule has 102 valence electrons. The first-order valence-corrected chi connectivity index (χ1v) is 7.18. The first kappa shape index (κ1) is 14.3. The van der Waals surface area contributed by atoms with Crippen molar-refractivity contribution in [2.75, 3.05) is 6.61 Å². The van der Waals surface area contributed by atoms with Gasteiger partial charge in [-0.3, -0.25) is 4.79 Å². The zero-order chi connectivity index (χ0) is 14.2. The molecule has 0 fully saturated rings. The fraction of sp³-hybridized carbons (Fsp3) is 0.188. The van der Waals surface area contributed by atoms with Gasteiger partial charge in [-0.25, -0.2) is 0 Å². The molecule has 3 nitrogen and oxygen atoms in total. The minimum absolute atomic E-state index is 0.0657. The van der Waals surface area contributed by atoms with Gasteiger partial charge < -0.3 is 10.4 Å². The van der Waals surface area contributed by atoms with Crippen molar-refractivity contribution in [3.63, 3.8) is 0 Å². The third-order valence-electron chi connectivity index (χ3n) is 2.62. The molecular formula is C16H15NO2S. The van der Waals surface area contributed by atoms with Gasteiger partial charge in [0.1, 0.15) is 0 Å². The Balaban J connectivity index is 1.92. The summed E-state index contributed by atoms with van der Waals surface area (Å²) < 4.78 is 0. The van der Waals surface area contributed by atoms with E-state index in [0.717, 1.165) is 10.4 Å². The summed E-state index contributed by atoms with van der Waals surface area (Å²) in [5.41, 5.74) is 1.46. The molecule has 0 aliphatic heterocycles. The van der Waals surface area contributed by atoms with Gasteiger partial charge in [0.2, 0.25) is 0 Å². The van der Waals surface area contributed by atoms with Crippen molar-refractivity contribution in [1.29, 1.82) is 0 Å². The number of carbonyl (C=O) groups is 1. The number of hydrogen-bond acceptors (Lipinski definition) is 3. The van der Waals surface area contributed by atoms with Crippen LogP contribution in [0.4, 0.5) is 0 Å². The quantitative estimate of drug-likeness (QED) is 0.848. The number of benzene rings is 1. The third kappa shape index (κ3) is 4.23. The highest BCUT2D eigenvalue weighted by Gasteiger charge is 2.04. The number of aliphatic hydroxyl groups excluding tert-OH is 1. The van der Waals surface area contributed by atoms with Crippen molar-refractivity contribution < 1.29 is 9.90 Å². The molecule has 2 N–H and O–H groups in total. The van der Waals surface area contributed by atoms with Gasteiger partial charge >= 0.3 is 0 Å². The van der Waals surface area contributed by atoms with Gasteiger partial charge in [0.25, 0.3) is 5.91 Å².